The van der Waals surface area contributed by atoms with Gasteiger partial charge in [0.15, 0.2) is 0 Å². The number of fused-ring (bicyclic) bond motifs is 1. The molecule has 0 fully saturated rings. The summed E-state index contributed by atoms with van der Waals surface area (Å²) in [7, 11) is 0. The highest BCUT2D eigenvalue weighted by atomic mass is 16.4. The van der Waals surface area contributed by atoms with Crippen LogP contribution in [0.2, 0.25) is 0 Å². The van der Waals surface area contributed by atoms with Crippen molar-refractivity contribution in [2.45, 2.75) is 59.9 Å². The Morgan fingerprint density at radius 2 is 1.79 bits per heavy atom. The number of nitrogens with zero attached hydrogens (tertiary/aromatic N) is 1. The number of pyridine rings is 1. The quantitative estimate of drug-likeness (QED) is 0.828. The van der Waals surface area contributed by atoms with E-state index in [0.717, 1.165) is 34.3 Å². The van der Waals surface area contributed by atoms with Crippen molar-refractivity contribution in [1.82, 2.24) is 4.98 Å². The molecule has 2 N–H and O–H groups in total. The van der Waals surface area contributed by atoms with Crippen LogP contribution in [0.15, 0.2) is 24.3 Å². The number of anilines is 1. The lowest BCUT2D eigenvalue weighted by molar-refractivity contribution is -0.136. The van der Waals surface area contributed by atoms with Gasteiger partial charge in [0.1, 0.15) is 0 Å². The minimum atomic E-state index is -0.841. The Labute approximate surface area is 144 Å². The summed E-state index contributed by atoms with van der Waals surface area (Å²) in [5.41, 5.74) is 3.32. The van der Waals surface area contributed by atoms with Crippen LogP contribution in [0.3, 0.4) is 0 Å². The van der Waals surface area contributed by atoms with Gasteiger partial charge >= 0.3 is 5.97 Å². The molecular formula is C20H28N2O2. The van der Waals surface area contributed by atoms with E-state index in [1.165, 1.54) is 0 Å². The molecule has 0 aliphatic heterocycles. The first kappa shape index (κ1) is 18.2. The van der Waals surface area contributed by atoms with E-state index in [1.807, 2.05) is 31.2 Å². The highest BCUT2D eigenvalue weighted by Crippen LogP contribution is 2.35. The van der Waals surface area contributed by atoms with Crippen molar-refractivity contribution in [3.05, 3.63) is 35.5 Å². The SMILES string of the molecule is Cc1nc2ccccc2c(NC(C)(C)CC(C)(C)C)c1CC(=O)O. The van der Waals surface area contributed by atoms with Gasteiger partial charge in [-0.2, -0.15) is 0 Å². The summed E-state index contributed by atoms with van der Waals surface area (Å²) in [5, 5.41) is 13.9. The lowest BCUT2D eigenvalue weighted by atomic mass is 9.81. The lowest BCUT2D eigenvalue weighted by Gasteiger charge is -2.35. The minimum Gasteiger partial charge on any atom is -0.481 e. The van der Waals surface area contributed by atoms with Crippen LogP contribution in [-0.2, 0) is 11.2 Å². The van der Waals surface area contributed by atoms with Crippen LogP contribution in [0.1, 0.15) is 52.3 Å². The predicted molar refractivity (Wildman–Crippen MR) is 99.6 cm³/mol. The Kier molecular flexibility index (Phi) is 4.88. The van der Waals surface area contributed by atoms with E-state index in [4.69, 9.17) is 0 Å². The third kappa shape index (κ3) is 4.47. The van der Waals surface area contributed by atoms with Gasteiger partial charge in [0, 0.05) is 27.9 Å². The van der Waals surface area contributed by atoms with Crippen LogP contribution >= 0.6 is 0 Å². The average Bonchev–Trinajstić information content (AvgIpc) is 2.39. The molecule has 0 unspecified atom stereocenters. The number of carboxylic acid groups (broad SMARTS) is 1. The number of aliphatic carboxylic acids is 1. The molecule has 0 amide bonds. The van der Waals surface area contributed by atoms with Crippen LogP contribution in [0.5, 0.6) is 0 Å². The maximum absolute atomic E-state index is 11.3. The van der Waals surface area contributed by atoms with Gasteiger partial charge in [-0.25, -0.2) is 0 Å². The van der Waals surface area contributed by atoms with E-state index in [0.29, 0.717) is 0 Å². The van der Waals surface area contributed by atoms with Gasteiger partial charge in [0.05, 0.1) is 11.9 Å². The number of carbonyl (C=O) groups is 1. The van der Waals surface area contributed by atoms with Crippen molar-refractivity contribution in [2.75, 3.05) is 5.32 Å². The van der Waals surface area contributed by atoms with E-state index < -0.39 is 5.97 Å². The van der Waals surface area contributed by atoms with Crippen LogP contribution in [0.25, 0.3) is 10.9 Å². The van der Waals surface area contributed by atoms with E-state index >= 15 is 0 Å². The zero-order valence-electron chi connectivity index (χ0n) is 15.5. The van der Waals surface area contributed by atoms with Crippen LogP contribution < -0.4 is 5.32 Å². The van der Waals surface area contributed by atoms with E-state index in [2.05, 4.69) is 44.9 Å². The number of benzene rings is 1. The fraction of sp³-hybridized carbons (Fsp3) is 0.500. The standard InChI is InChI=1S/C20H28N2O2/c1-13-15(11-17(23)24)18(14-9-7-8-10-16(14)21-13)22-20(5,6)12-19(2,3)4/h7-10H,11-12H2,1-6H3,(H,21,22)(H,23,24). The zero-order chi connectivity index (χ0) is 18.1. The van der Waals surface area contributed by atoms with Crippen molar-refractivity contribution in [3.8, 4) is 0 Å². The molecule has 0 aliphatic rings. The first-order chi connectivity index (χ1) is 11.0. The fourth-order valence-corrected chi connectivity index (χ4v) is 3.59. The van der Waals surface area contributed by atoms with Gasteiger partial charge in [0.25, 0.3) is 0 Å². The first-order valence-corrected chi connectivity index (χ1v) is 8.37. The number of carboxylic acids is 1. The molecule has 4 heteroatoms. The van der Waals surface area contributed by atoms with Crippen LogP contribution in [-0.4, -0.2) is 21.6 Å². The number of para-hydroxylation sites is 1. The molecule has 24 heavy (non-hydrogen) atoms. The molecule has 0 atom stereocenters. The molecule has 0 radical (unpaired) electrons. The Balaban J connectivity index is 2.58. The number of nitrogens with one attached hydrogen (secondary N) is 1. The third-order valence-electron chi connectivity index (χ3n) is 3.96. The van der Waals surface area contributed by atoms with Gasteiger partial charge in [0.2, 0.25) is 0 Å². The summed E-state index contributed by atoms with van der Waals surface area (Å²) in [6.07, 6.45) is 0.930. The topological polar surface area (TPSA) is 62.2 Å². The third-order valence-corrected chi connectivity index (χ3v) is 3.96. The second kappa shape index (κ2) is 6.42. The molecule has 1 aromatic heterocycles. The van der Waals surface area contributed by atoms with E-state index in [-0.39, 0.29) is 17.4 Å². The van der Waals surface area contributed by atoms with Gasteiger partial charge in [-0.15, -0.1) is 0 Å². The van der Waals surface area contributed by atoms with Crippen LogP contribution in [0.4, 0.5) is 5.69 Å². The molecule has 2 aromatic rings. The fourth-order valence-electron chi connectivity index (χ4n) is 3.59. The molecule has 0 aliphatic carbocycles. The molecule has 0 saturated heterocycles. The average molecular weight is 328 g/mol. The van der Waals surface area contributed by atoms with Gasteiger partial charge in [-0.3, -0.25) is 9.78 Å². The van der Waals surface area contributed by atoms with Crippen molar-refractivity contribution in [1.29, 1.82) is 0 Å². The first-order valence-electron chi connectivity index (χ1n) is 8.37. The second-order valence-corrected chi connectivity index (χ2v) is 8.38. The maximum Gasteiger partial charge on any atom is 0.307 e. The minimum absolute atomic E-state index is 0.0302. The highest BCUT2D eigenvalue weighted by molar-refractivity contribution is 5.95. The summed E-state index contributed by atoms with van der Waals surface area (Å²) in [5.74, 6) is -0.841. The smallest absolute Gasteiger partial charge is 0.307 e. The number of hydrogen-bond donors (Lipinski definition) is 2. The van der Waals surface area contributed by atoms with Crippen molar-refractivity contribution < 1.29 is 9.90 Å². The molecule has 4 nitrogen and oxygen atoms in total. The Hall–Kier alpha value is -2.10. The summed E-state index contributed by atoms with van der Waals surface area (Å²) in [4.78, 5) is 15.9. The highest BCUT2D eigenvalue weighted by Gasteiger charge is 2.27. The molecule has 0 bridgehead atoms. The van der Waals surface area contributed by atoms with Crippen molar-refractivity contribution >= 4 is 22.6 Å². The lowest BCUT2D eigenvalue weighted by Crippen LogP contribution is -2.36. The molecule has 1 heterocycles. The van der Waals surface area contributed by atoms with Gasteiger partial charge in [-0.05, 0) is 38.7 Å². The number of hydrogen-bond acceptors (Lipinski definition) is 3. The summed E-state index contributed by atoms with van der Waals surface area (Å²) in [6.45, 7) is 12.8. The number of rotatable bonds is 5. The summed E-state index contributed by atoms with van der Waals surface area (Å²) < 4.78 is 0. The molecular weight excluding hydrogens is 300 g/mol. The summed E-state index contributed by atoms with van der Waals surface area (Å²) >= 11 is 0. The second-order valence-electron chi connectivity index (χ2n) is 8.38. The van der Waals surface area contributed by atoms with Gasteiger partial charge < -0.3 is 10.4 Å². The van der Waals surface area contributed by atoms with Crippen LogP contribution in [0, 0.1) is 12.3 Å². The molecule has 130 valence electrons. The van der Waals surface area contributed by atoms with Gasteiger partial charge in [-0.1, -0.05) is 39.0 Å². The zero-order valence-corrected chi connectivity index (χ0v) is 15.5. The Morgan fingerprint density at radius 3 is 2.38 bits per heavy atom. The molecule has 2 rings (SSSR count). The number of aromatic nitrogens is 1. The predicted octanol–water partition coefficient (Wildman–Crippen LogP) is 4.80. The Bertz CT molecular complexity index is 758. The maximum atomic E-state index is 11.3. The molecule has 0 saturated carbocycles. The monoisotopic (exact) mass is 328 g/mol. The van der Waals surface area contributed by atoms with E-state index in [9.17, 15) is 9.90 Å². The largest absolute Gasteiger partial charge is 0.481 e. The van der Waals surface area contributed by atoms with Crippen molar-refractivity contribution in [3.63, 3.8) is 0 Å². The Morgan fingerprint density at radius 1 is 1.17 bits per heavy atom. The number of aryl methyl sites for hydroxylation is 1. The molecule has 1 aromatic carbocycles. The summed E-state index contributed by atoms with van der Waals surface area (Å²) in [6, 6.07) is 7.89. The molecule has 0 spiro atoms. The normalized spacial score (nSPS) is 12.4. The van der Waals surface area contributed by atoms with Crippen molar-refractivity contribution in [2.24, 2.45) is 5.41 Å². The van der Waals surface area contributed by atoms with E-state index in [1.54, 1.807) is 0 Å².